The summed E-state index contributed by atoms with van der Waals surface area (Å²) in [6.07, 6.45) is -0.428. The molecule has 0 fully saturated rings. The van der Waals surface area contributed by atoms with Gasteiger partial charge in [0, 0.05) is 24.9 Å². The standard InChI is InChI=1S/C21H29N3O9S/c1-12(25)24(9-19(27)28)20(29)15(23-18(26)7-5-14(22)21(30)31)11-34-10-13-4-6-16(32-2)17(8-13)33-3/h4,6,8,14-15H,5,7,9-11,22H2,1-3H3,(H,23,26)(H,27,28)(H,30,31). The largest absolute Gasteiger partial charge is 0.493 e. The Labute approximate surface area is 200 Å². The van der Waals surface area contributed by atoms with Crippen LogP contribution in [0.1, 0.15) is 25.3 Å². The molecular formula is C21H29N3O9S. The highest BCUT2D eigenvalue weighted by molar-refractivity contribution is 7.98. The number of amides is 3. The molecule has 34 heavy (non-hydrogen) atoms. The number of carboxylic acid groups (broad SMARTS) is 2. The van der Waals surface area contributed by atoms with E-state index in [0.717, 1.165) is 12.5 Å². The van der Waals surface area contributed by atoms with Gasteiger partial charge in [0.05, 0.1) is 14.2 Å². The van der Waals surface area contributed by atoms with Gasteiger partial charge in [-0.05, 0) is 24.1 Å². The predicted molar refractivity (Wildman–Crippen MR) is 123 cm³/mol. The summed E-state index contributed by atoms with van der Waals surface area (Å²) in [5.74, 6) is -3.50. The third-order valence-corrected chi connectivity index (χ3v) is 5.68. The molecular weight excluding hydrogens is 470 g/mol. The van der Waals surface area contributed by atoms with E-state index >= 15 is 0 Å². The molecule has 5 N–H and O–H groups in total. The molecule has 2 atom stereocenters. The van der Waals surface area contributed by atoms with Gasteiger partial charge in [-0.2, -0.15) is 11.8 Å². The Hall–Kier alpha value is -3.32. The van der Waals surface area contributed by atoms with Gasteiger partial charge in [-0.25, -0.2) is 0 Å². The number of benzene rings is 1. The Morgan fingerprint density at radius 2 is 1.76 bits per heavy atom. The van der Waals surface area contributed by atoms with E-state index in [1.54, 1.807) is 18.2 Å². The Balaban J connectivity index is 2.94. The molecule has 1 rings (SSSR count). The average molecular weight is 500 g/mol. The molecule has 3 amide bonds. The lowest BCUT2D eigenvalue weighted by atomic mass is 10.1. The number of thioether (sulfide) groups is 1. The minimum atomic E-state index is -1.39. The van der Waals surface area contributed by atoms with Crippen molar-refractivity contribution in [3.63, 3.8) is 0 Å². The van der Waals surface area contributed by atoms with Crippen molar-refractivity contribution in [3.05, 3.63) is 23.8 Å². The molecule has 2 unspecified atom stereocenters. The molecule has 1 aromatic carbocycles. The fourth-order valence-corrected chi connectivity index (χ4v) is 3.78. The van der Waals surface area contributed by atoms with E-state index < -0.39 is 48.3 Å². The molecule has 0 bridgehead atoms. The predicted octanol–water partition coefficient (Wildman–Crippen LogP) is 0.0736. The second kappa shape index (κ2) is 14.1. The van der Waals surface area contributed by atoms with Crippen molar-refractivity contribution >= 4 is 41.4 Å². The number of imide groups is 1. The highest BCUT2D eigenvalue weighted by Gasteiger charge is 2.30. The number of methoxy groups -OCH3 is 2. The van der Waals surface area contributed by atoms with Crippen LogP contribution in [0.25, 0.3) is 0 Å². The number of hydrogen-bond acceptors (Lipinski definition) is 9. The number of aliphatic carboxylic acids is 2. The Kier molecular flexibility index (Phi) is 11.9. The lowest BCUT2D eigenvalue weighted by Gasteiger charge is -2.24. The van der Waals surface area contributed by atoms with Gasteiger partial charge in [-0.15, -0.1) is 0 Å². The SMILES string of the molecule is COc1ccc(CSCC(NC(=O)CCC(N)C(=O)O)C(=O)N(CC(=O)O)C(C)=O)cc1OC. The van der Waals surface area contributed by atoms with Crippen molar-refractivity contribution < 1.29 is 43.7 Å². The summed E-state index contributed by atoms with van der Waals surface area (Å²) in [5, 5.41) is 20.3. The second-order valence-corrected chi connectivity index (χ2v) is 8.18. The number of hydrogen-bond donors (Lipinski definition) is 4. The molecule has 1 aromatic rings. The zero-order valence-corrected chi connectivity index (χ0v) is 19.9. The number of rotatable bonds is 14. The van der Waals surface area contributed by atoms with Crippen LogP contribution >= 0.6 is 11.8 Å². The van der Waals surface area contributed by atoms with Crippen molar-refractivity contribution in [1.29, 1.82) is 0 Å². The topological polar surface area (TPSA) is 186 Å². The van der Waals surface area contributed by atoms with E-state index in [1.165, 1.54) is 26.0 Å². The van der Waals surface area contributed by atoms with Crippen molar-refractivity contribution in [2.24, 2.45) is 5.73 Å². The second-order valence-electron chi connectivity index (χ2n) is 7.15. The van der Waals surface area contributed by atoms with Gasteiger partial charge < -0.3 is 30.7 Å². The summed E-state index contributed by atoms with van der Waals surface area (Å²) in [6, 6.07) is 2.79. The Morgan fingerprint density at radius 1 is 1.12 bits per heavy atom. The number of carboxylic acids is 2. The van der Waals surface area contributed by atoms with E-state index in [4.69, 9.17) is 25.4 Å². The first-order valence-electron chi connectivity index (χ1n) is 10.1. The summed E-state index contributed by atoms with van der Waals surface area (Å²) >= 11 is 1.26. The molecule has 0 radical (unpaired) electrons. The number of nitrogens with zero attached hydrogens (tertiary/aromatic N) is 1. The molecule has 0 aliphatic carbocycles. The van der Waals surface area contributed by atoms with Gasteiger partial charge in [0.1, 0.15) is 18.6 Å². The first-order valence-corrected chi connectivity index (χ1v) is 11.3. The Morgan fingerprint density at radius 3 is 2.29 bits per heavy atom. The van der Waals surface area contributed by atoms with Crippen LogP contribution in [-0.4, -0.2) is 83.4 Å². The highest BCUT2D eigenvalue weighted by atomic mass is 32.2. The van der Waals surface area contributed by atoms with Crippen LogP contribution in [0.4, 0.5) is 0 Å². The minimum Gasteiger partial charge on any atom is -0.493 e. The van der Waals surface area contributed by atoms with Gasteiger partial charge >= 0.3 is 11.9 Å². The third kappa shape index (κ3) is 9.27. The molecule has 12 nitrogen and oxygen atoms in total. The lowest BCUT2D eigenvalue weighted by Crippen LogP contribution is -2.52. The van der Waals surface area contributed by atoms with Crippen LogP contribution in [0.5, 0.6) is 11.5 Å². The average Bonchev–Trinajstić information content (AvgIpc) is 2.79. The van der Waals surface area contributed by atoms with Crippen molar-refractivity contribution in [3.8, 4) is 11.5 Å². The van der Waals surface area contributed by atoms with E-state index in [-0.39, 0.29) is 18.6 Å². The third-order valence-electron chi connectivity index (χ3n) is 4.57. The van der Waals surface area contributed by atoms with Gasteiger partial charge in [0.15, 0.2) is 11.5 Å². The van der Waals surface area contributed by atoms with Crippen LogP contribution in [0.3, 0.4) is 0 Å². The molecule has 0 spiro atoms. The minimum absolute atomic E-state index is 0.0211. The monoisotopic (exact) mass is 499 g/mol. The van der Waals surface area contributed by atoms with E-state index in [9.17, 15) is 24.0 Å². The van der Waals surface area contributed by atoms with Crippen molar-refractivity contribution in [2.75, 3.05) is 26.5 Å². The van der Waals surface area contributed by atoms with Gasteiger partial charge in [0.25, 0.3) is 5.91 Å². The maximum atomic E-state index is 12.9. The quantitative estimate of drug-likeness (QED) is 0.271. The maximum absolute atomic E-state index is 12.9. The van der Waals surface area contributed by atoms with Gasteiger partial charge in [-0.1, -0.05) is 6.07 Å². The van der Waals surface area contributed by atoms with E-state index in [1.807, 2.05) is 0 Å². The molecule has 188 valence electrons. The molecule has 0 heterocycles. The van der Waals surface area contributed by atoms with Gasteiger partial charge in [0.2, 0.25) is 11.8 Å². The summed E-state index contributed by atoms with van der Waals surface area (Å²) in [7, 11) is 3.00. The molecule has 0 saturated carbocycles. The number of nitrogens with two attached hydrogens (primary N) is 1. The summed E-state index contributed by atoms with van der Waals surface area (Å²) in [4.78, 5) is 59.5. The smallest absolute Gasteiger partial charge is 0.323 e. The van der Waals surface area contributed by atoms with Crippen molar-refractivity contribution in [2.45, 2.75) is 37.6 Å². The van der Waals surface area contributed by atoms with E-state index in [0.29, 0.717) is 22.2 Å². The molecule has 13 heteroatoms. The van der Waals surface area contributed by atoms with Crippen LogP contribution in [-0.2, 0) is 29.7 Å². The van der Waals surface area contributed by atoms with Crippen molar-refractivity contribution in [1.82, 2.24) is 10.2 Å². The van der Waals surface area contributed by atoms with Crippen LogP contribution in [0, 0.1) is 0 Å². The zero-order valence-electron chi connectivity index (χ0n) is 19.1. The number of nitrogens with one attached hydrogen (secondary N) is 1. The number of carbonyl (C=O) groups excluding carboxylic acids is 3. The van der Waals surface area contributed by atoms with E-state index in [2.05, 4.69) is 5.32 Å². The molecule has 0 saturated heterocycles. The summed E-state index contributed by atoms with van der Waals surface area (Å²) < 4.78 is 10.4. The Bertz CT molecular complexity index is 909. The first-order chi connectivity index (χ1) is 16.0. The number of carbonyl (C=O) groups is 5. The van der Waals surface area contributed by atoms with Gasteiger partial charge in [-0.3, -0.25) is 28.9 Å². The van der Waals surface area contributed by atoms with Crippen LogP contribution in [0.15, 0.2) is 18.2 Å². The number of ether oxygens (including phenoxy) is 2. The highest BCUT2D eigenvalue weighted by Crippen LogP contribution is 2.29. The fraction of sp³-hybridized carbons (Fsp3) is 0.476. The first kappa shape index (κ1) is 28.7. The normalized spacial score (nSPS) is 12.2. The van der Waals surface area contributed by atoms with Crippen LogP contribution < -0.4 is 20.5 Å². The summed E-state index contributed by atoms with van der Waals surface area (Å²) in [6.45, 7) is 0.188. The molecule has 0 aliphatic heterocycles. The molecule has 0 aliphatic rings. The lowest BCUT2D eigenvalue weighted by molar-refractivity contribution is -0.152. The summed E-state index contributed by atoms with van der Waals surface area (Å²) in [5.41, 5.74) is 6.23. The van der Waals surface area contributed by atoms with Crippen LogP contribution in [0.2, 0.25) is 0 Å². The zero-order chi connectivity index (χ0) is 25.8. The maximum Gasteiger partial charge on any atom is 0.323 e. The fourth-order valence-electron chi connectivity index (χ4n) is 2.78. The molecule has 0 aromatic heterocycles.